The van der Waals surface area contributed by atoms with E-state index >= 15 is 0 Å². The summed E-state index contributed by atoms with van der Waals surface area (Å²) in [4.78, 5) is 22.0. The van der Waals surface area contributed by atoms with E-state index in [2.05, 4.69) is 33.1 Å². The summed E-state index contributed by atoms with van der Waals surface area (Å²) < 4.78 is 20.3. The number of hydrogen-bond acceptors (Lipinski definition) is 4. The van der Waals surface area contributed by atoms with Crippen molar-refractivity contribution in [2.75, 3.05) is 18.0 Å². The Labute approximate surface area is 177 Å². The molecule has 0 bridgehead atoms. The molecule has 2 aliphatic rings. The van der Waals surface area contributed by atoms with Gasteiger partial charge in [-0.25, -0.2) is 9.37 Å². The zero-order valence-electron chi connectivity index (χ0n) is 16.8. The molecule has 2 aromatic carbocycles. The minimum Gasteiger partial charge on any atom is -0.365 e. The number of anilines is 1. The summed E-state index contributed by atoms with van der Waals surface area (Å²) in [5.74, 6) is -0.167. The number of nitrogens with zero attached hydrogens (tertiary/aromatic N) is 2. The monoisotopic (exact) mass is 416 g/mol. The fourth-order valence-corrected chi connectivity index (χ4v) is 5.16. The number of carbonyl (C=O) groups excluding carboxylic acids is 1. The Hall–Kier alpha value is -3.45. The van der Waals surface area contributed by atoms with Gasteiger partial charge in [0.05, 0.1) is 28.7 Å². The Morgan fingerprint density at radius 3 is 2.81 bits per heavy atom. The third kappa shape index (κ3) is 2.66. The van der Waals surface area contributed by atoms with Gasteiger partial charge in [0.1, 0.15) is 11.6 Å². The molecular formula is C24H21FN4O2. The molecule has 1 amide bonds. The van der Waals surface area contributed by atoms with E-state index in [1.807, 2.05) is 6.07 Å². The summed E-state index contributed by atoms with van der Waals surface area (Å²) in [5.41, 5.74) is 9.51. The number of amides is 1. The van der Waals surface area contributed by atoms with Crippen molar-refractivity contribution in [2.24, 2.45) is 5.73 Å². The molecule has 1 fully saturated rings. The summed E-state index contributed by atoms with van der Waals surface area (Å²) in [5, 5.41) is 1.43. The SMILES string of the molecule is NC(=O)c1cnc(N2CCC3(CC2)OCc2ccccc23)c2c1[nH]c1ccc(F)cc12. The Kier molecular flexibility index (Phi) is 3.86. The highest BCUT2D eigenvalue weighted by Crippen LogP contribution is 2.45. The number of fused-ring (bicyclic) bond motifs is 5. The molecule has 0 aliphatic carbocycles. The first-order valence-electron chi connectivity index (χ1n) is 10.4. The molecule has 156 valence electrons. The summed E-state index contributed by atoms with van der Waals surface area (Å²) in [6, 6.07) is 13.0. The van der Waals surface area contributed by atoms with Gasteiger partial charge in [0.15, 0.2) is 0 Å². The average Bonchev–Trinajstić information content (AvgIpc) is 3.33. The number of halogens is 1. The van der Waals surface area contributed by atoms with Crippen molar-refractivity contribution in [3.8, 4) is 0 Å². The second-order valence-corrected chi connectivity index (χ2v) is 8.35. The van der Waals surface area contributed by atoms with Gasteiger partial charge < -0.3 is 20.4 Å². The highest BCUT2D eigenvalue weighted by Gasteiger charge is 2.42. The molecule has 3 N–H and O–H groups in total. The molecular weight excluding hydrogens is 395 g/mol. The van der Waals surface area contributed by atoms with E-state index in [0.717, 1.165) is 42.7 Å². The maximum absolute atomic E-state index is 14.1. The minimum absolute atomic E-state index is 0.258. The van der Waals surface area contributed by atoms with Crippen LogP contribution >= 0.6 is 0 Å². The first kappa shape index (κ1) is 18.3. The maximum Gasteiger partial charge on any atom is 0.252 e. The van der Waals surface area contributed by atoms with Crippen LogP contribution in [0, 0.1) is 5.82 Å². The molecule has 2 aromatic heterocycles. The number of rotatable bonds is 2. The lowest BCUT2D eigenvalue weighted by molar-refractivity contribution is -0.0551. The predicted octanol–water partition coefficient (Wildman–Crippen LogP) is 3.98. The fourth-order valence-electron chi connectivity index (χ4n) is 5.16. The molecule has 0 radical (unpaired) electrons. The van der Waals surface area contributed by atoms with Crippen LogP contribution in [-0.2, 0) is 16.9 Å². The molecule has 6 nitrogen and oxygen atoms in total. The van der Waals surface area contributed by atoms with Crippen molar-refractivity contribution < 1.29 is 13.9 Å². The smallest absolute Gasteiger partial charge is 0.252 e. The molecule has 0 unspecified atom stereocenters. The van der Waals surface area contributed by atoms with Gasteiger partial charge in [-0.2, -0.15) is 0 Å². The predicted molar refractivity (Wildman–Crippen MR) is 116 cm³/mol. The Morgan fingerprint density at radius 2 is 2.00 bits per heavy atom. The van der Waals surface area contributed by atoms with Crippen LogP contribution in [0.5, 0.6) is 0 Å². The number of piperidine rings is 1. The lowest BCUT2D eigenvalue weighted by atomic mass is 9.84. The number of carbonyl (C=O) groups is 1. The van der Waals surface area contributed by atoms with Crippen molar-refractivity contribution in [3.05, 3.63) is 71.2 Å². The Balaban J connectivity index is 1.43. The average molecular weight is 416 g/mol. The standard InChI is InChI=1S/C24H21FN4O2/c25-15-5-6-19-16(11-15)20-21(28-19)17(22(26)30)12-27-23(20)29-9-7-24(8-10-29)18-4-2-1-3-14(18)13-31-24/h1-6,11-12,28H,7-10,13H2,(H2,26,30). The van der Waals surface area contributed by atoms with Crippen molar-refractivity contribution in [2.45, 2.75) is 25.0 Å². The maximum atomic E-state index is 14.1. The number of nitrogens with two attached hydrogens (primary N) is 1. The van der Waals surface area contributed by atoms with E-state index in [1.165, 1.54) is 29.5 Å². The molecule has 0 saturated carbocycles. The van der Waals surface area contributed by atoms with E-state index in [1.54, 1.807) is 6.07 Å². The molecule has 4 heterocycles. The normalized spacial score (nSPS) is 17.5. The summed E-state index contributed by atoms with van der Waals surface area (Å²) >= 11 is 0. The third-order valence-corrected chi connectivity index (χ3v) is 6.72. The zero-order chi connectivity index (χ0) is 21.2. The van der Waals surface area contributed by atoms with Crippen molar-refractivity contribution in [3.63, 3.8) is 0 Å². The summed E-state index contributed by atoms with van der Waals surface area (Å²) in [7, 11) is 0. The number of ether oxygens (including phenoxy) is 1. The van der Waals surface area contributed by atoms with Crippen LogP contribution < -0.4 is 10.6 Å². The Morgan fingerprint density at radius 1 is 1.19 bits per heavy atom. The van der Waals surface area contributed by atoms with Gasteiger partial charge in [0.2, 0.25) is 0 Å². The molecule has 2 aliphatic heterocycles. The van der Waals surface area contributed by atoms with E-state index in [0.29, 0.717) is 23.1 Å². The number of primary amides is 1. The minimum atomic E-state index is -0.565. The van der Waals surface area contributed by atoms with Gasteiger partial charge in [-0.3, -0.25) is 4.79 Å². The number of H-pyrrole nitrogens is 1. The second kappa shape index (κ2) is 6.52. The topological polar surface area (TPSA) is 84.2 Å². The first-order valence-corrected chi connectivity index (χ1v) is 10.4. The lowest BCUT2D eigenvalue weighted by Crippen LogP contribution is -2.43. The van der Waals surface area contributed by atoms with Crippen molar-refractivity contribution in [1.82, 2.24) is 9.97 Å². The van der Waals surface area contributed by atoms with Gasteiger partial charge in [0, 0.05) is 30.2 Å². The number of nitrogens with one attached hydrogen (secondary N) is 1. The lowest BCUT2D eigenvalue weighted by Gasteiger charge is -2.40. The zero-order valence-corrected chi connectivity index (χ0v) is 16.8. The van der Waals surface area contributed by atoms with Crippen LogP contribution in [0.2, 0.25) is 0 Å². The molecule has 6 rings (SSSR count). The highest BCUT2D eigenvalue weighted by molar-refractivity contribution is 6.18. The molecule has 0 atom stereocenters. The molecule has 7 heteroatoms. The van der Waals surface area contributed by atoms with Crippen LogP contribution in [0.4, 0.5) is 10.2 Å². The number of pyridine rings is 1. The molecule has 31 heavy (non-hydrogen) atoms. The van der Waals surface area contributed by atoms with Gasteiger partial charge in [0.25, 0.3) is 5.91 Å². The van der Waals surface area contributed by atoms with Crippen LogP contribution in [0.25, 0.3) is 21.8 Å². The van der Waals surface area contributed by atoms with Gasteiger partial charge >= 0.3 is 0 Å². The number of benzene rings is 2. The Bertz CT molecular complexity index is 1350. The summed E-state index contributed by atoms with van der Waals surface area (Å²) in [6.07, 6.45) is 3.18. The van der Waals surface area contributed by atoms with Gasteiger partial charge in [-0.1, -0.05) is 24.3 Å². The van der Waals surface area contributed by atoms with Crippen LogP contribution in [0.1, 0.15) is 34.3 Å². The first-order chi connectivity index (χ1) is 15.1. The quantitative estimate of drug-likeness (QED) is 0.518. The van der Waals surface area contributed by atoms with E-state index in [4.69, 9.17) is 10.5 Å². The van der Waals surface area contributed by atoms with Crippen LogP contribution in [0.15, 0.2) is 48.7 Å². The second-order valence-electron chi connectivity index (χ2n) is 8.35. The van der Waals surface area contributed by atoms with Crippen molar-refractivity contribution in [1.29, 1.82) is 0 Å². The number of aromatic nitrogens is 2. The highest BCUT2D eigenvalue weighted by atomic mass is 19.1. The largest absolute Gasteiger partial charge is 0.365 e. The fraction of sp³-hybridized carbons (Fsp3) is 0.250. The van der Waals surface area contributed by atoms with E-state index in [-0.39, 0.29) is 11.4 Å². The van der Waals surface area contributed by atoms with E-state index in [9.17, 15) is 9.18 Å². The van der Waals surface area contributed by atoms with Gasteiger partial charge in [-0.05, 0) is 42.2 Å². The van der Waals surface area contributed by atoms with E-state index < -0.39 is 5.91 Å². The molecule has 1 saturated heterocycles. The number of hydrogen-bond donors (Lipinski definition) is 2. The third-order valence-electron chi connectivity index (χ3n) is 6.72. The van der Waals surface area contributed by atoms with Gasteiger partial charge in [-0.15, -0.1) is 0 Å². The molecule has 4 aromatic rings. The van der Waals surface area contributed by atoms with Crippen LogP contribution in [0.3, 0.4) is 0 Å². The summed E-state index contributed by atoms with van der Waals surface area (Å²) in [6.45, 7) is 2.14. The van der Waals surface area contributed by atoms with Crippen molar-refractivity contribution >= 4 is 33.5 Å². The number of aromatic amines is 1. The van der Waals surface area contributed by atoms with Crippen LogP contribution in [-0.4, -0.2) is 29.0 Å². The molecule has 1 spiro atoms.